The third-order valence-corrected chi connectivity index (χ3v) is 46.8. The molecule has 6 aliphatic rings. The van der Waals surface area contributed by atoms with E-state index in [1.54, 1.807) is 12.1 Å². The van der Waals surface area contributed by atoms with Gasteiger partial charge in [-0.1, -0.05) is 0 Å². The number of hydrogen-bond donors (Lipinski definition) is 0. The molecule has 15 aromatic rings. The van der Waals surface area contributed by atoms with Gasteiger partial charge in [-0.25, -0.2) is 0 Å². The first-order chi connectivity index (χ1) is 51.6. The zero-order valence-electron chi connectivity index (χ0n) is 60.0. The molecule has 3 aromatic heterocycles. The minimum Gasteiger partial charge on any atom is -1.00 e. The first-order valence-corrected chi connectivity index (χ1v) is 53.1. The molecule has 0 radical (unpaired) electrons. The number of aromatic nitrogens is 3. The third kappa shape index (κ3) is 12.1. The molecule has 21 rings (SSSR count). The Kier molecular flexibility index (Phi) is 22.3. The third-order valence-electron chi connectivity index (χ3n) is 23.1. The number of halogens is 24. The summed E-state index contributed by atoms with van der Waals surface area (Å²) >= 11 is -33.8. The number of rotatable bonds is 6. The number of benzene rings is 12. The second kappa shape index (κ2) is 30.0. The molecule has 0 unspecified atom stereocenters. The largest absolute Gasteiger partial charge is 1.00 e. The van der Waals surface area contributed by atoms with Crippen LogP contribution in [0.25, 0.3) is 82.5 Å². The molecule has 6 nitrogen and oxygen atoms in total. The summed E-state index contributed by atoms with van der Waals surface area (Å²) in [5.74, 6) is 0. The van der Waals surface area contributed by atoms with Gasteiger partial charge in [-0.15, -0.1) is 0 Å². The van der Waals surface area contributed by atoms with Crippen LogP contribution in [0.15, 0.2) is 241 Å². The molecule has 0 N–H and O–H groups in total. The van der Waals surface area contributed by atoms with Gasteiger partial charge in [0.2, 0.25) is 0 Å². The molecule has 0 saturated heterocycles. The SMILES string of the molecule is CC1(C)c2ccc3c4ccccc4n4c3c2B(c2ccccc2-4)c2cccc(I(F)(F)=NI(F)F)c21.CC1(C)c2ccccc2B2c3ccccc3-n3c4ccccc4c4c(I(F)(F)=NI(F)F)cc1c2c43.CC1(C)c2ccccc2B2c3ccccc3-n3c4ccccc4c4cc(I(F)(F)=NI(F)F)c1c2c43.[F-].[F-].[F-].[F-].[F-].[F-]. The van der Waals surface area contributed by atoms with Crippen molar-refractivity contribution in [2.45, 2.75) is 57.8 Å². The summed E-state index contributed by atoms with van der Waals surface area (Å²) in [5, 5.41) is 4.85. The van der Waals surface area contributed by atoms with Crippen molar-refractivity contribution in [1.82, 2.24) is 13.7 Å². The smallest absolute Gasteiger partial charge is 1.00 e. The fraction of sp³-hybridized carbons (Fsp3) is 0.111. The van der Waals surface area contributed by atoms with Gasteiger partial charge in [0.1, 0.15) is 0 Å². The molecule has 9 heterocycles. The molecule has 0 aliphatic carbocycles. The minimum atomic E-state index is -6.32. The second-order valence-corrected chi connectivity index (χ2v) is 51.3. The Balaban J connectivity index is 0.000000145. The molecule has 0 spiro atoms. The van der Waals surface area contributed by atoms with Gasteiger partial charge < -0.3 is 28.2 Å². The summed E-state index contributed by atoms with van der Waals surface area (Å²) in [6.45, 7) is 11.2. The summed E-state index contributed by atoms with van der Waals surface area (Å²) in [5.41, 5.74) is 20.2. The van der Waals surface area contributed by atoms with Gasteiger partial charge >= 0.3 is 664 Å². The van der Waals surface area contributed by atoms with Gasteiger partial charge in [-0.3, -0.25) is 0 Å². The molecule has 594 valence electrons. The number of para-hydroxylation sites is 6. The summed E-state index contributed by atoms with van der Waals surface area (Å²) in [6.07, 6.45) is 0. The van der Waals surface area contributed by atoms with Gasteiger partial charge in [0.05, 0.1) is 0 Å². The molecule has 6 aliphatic heterocycles. The quantitative estimate of drug-likeness (QED) is 0.130. The van der Waals surface area contributed by atoms with Gasteiger partial charge in [0.25, 0.3) is 0 Å². The zero-order valence-corrected chi connectivity index (χ0v) is 72.9. The fourth-order valence-corrected chi connectivity index (χ4v) is 38.2. The van der Waals surface area contributed by atoms with E-state index in [1.165, 1.54) is 12.1 Å². The fourth-order valence-electron chi connectivity index (χ4n) is 19.2. The van der Waals surface area contributed by atoms with E-state index in [9.17, 15) is 17.2 Å². The first-order valence-electron chi connectivity index (χ1n) is 34.3. The van der Waals surface area contributed by atoms with Crippen LogP contribution in [-0.2, 0) is 16.2 Å². The van der Waals surface area contributed by atoms with Crippen molar-refractivity contribution in [3.8, 4) is 17.1 Å². The Bertz CT molecular complexity index is 6680. The Morgan fingerprint density at radius 2 is 0.649 bits per heavy atom. The Morgan fingerprint density at radius 3 is 1.16 bits per heavy atom. The van der Waals surface area contributed by atoms with E-state index in [4.69, 9.17) is 0 Å². The van der Waals surface area contributed by atoms with Crippen LogP contribution in [0.3, 0.4) is 0 Å². The summed E-state index contributed by atoms with van der Waals surface area (Å²) in [6, 6.07) is 76.0. The standard InChI is InChI=1S/3C27H19BF4I2N2.6FH/c1-27(2)18-10-4-5-11-19(18)28-20-12-6-8-14-23(20)36-22-13-7-3-9-16(22)17-15-21(24(27)25(28)26(17)36)34(31,32)35-33(29)30;1-27(2)17-10-4-5-11-19(17)28-20-12-6-8-14-23(20)36-22-13-7-3-9-16(22)24-21(34(31,32)35-33(29)30)15-18(27)25(28)26(24)36;1-27(2)18-15-14-17-16-8-3-5-12-22(16)36-23-13-6-4-9-19(23)28(25(18)26(17)36)20-10-7-11-21(24(20)27)34(31,32)35-33(29)30;;;;;;/h3*3-15H,1-2H3;6*1H/p-6. The second-order valence-electron chi connectivity index (χ2n) is 29.3. The molecular formula is C81H57B3F18I6N6-6. The predicted octanol–water partition coefficient (Wildman–Crippen LogP) is 4.85. The molecule has 0 bridgehead atoms. The summed E-state index contributed by atoms with van der Waals surface area (Å²) in [4.78, 5) is 0. The minimum absolute atomic E-state index is 0. The molecule has 33 heteroatoms. The Labute approximate surface area is 684 Å². The first kappa shape index (κ1) is 84.7. The average molecular weight is 2250 g/mol. The van der Waals surface area contributed by atoms with Crippen LogP contribution >= 0.6 is 122 Å². The molecule has 114 heavy (non-hydrogen) atoms. The van der Waals surface area contributed by atoms with Crippen LogP contribution in [0.1, 0.15) is 74.9 Å². The van der Waals surface area contributed by atoms with Crippen LogP contribution in [-0.4, -0.2) is 33.8 Å². The molecular weight excluding hydrogens is 2190 g/mol. The maximum Gasteiger partial charge on any atom is -1.00 e. The van der Waals surface area contributed by atoms with Crippen molar-refractivity contribution in [2.24, 2.45) is 4.08 Å². The van der Waals surface area contributed by atoms with Crippen molar-refractivity contribution in [1.29, 1.82) is 0 Å². The Morgan fingerprint density at radius 1 is 0.289 bits per heavy atom. The molecule has 0 fully saturated rings. The number of nitrogens with zero attached hydrogens (tertiary/aromatic N) is 6. The van der Waals surface area contributed by atoms with E-state index in [0.717, 1.165) is 132 Å². The average Bonchev–Trinajstić information content (AvgIpc) is 1.39. The normalized spacial score (nSPS) is 15.2. The zero-order chi connectivity index (χ0) is 74.9. The van der Waals surface area contributed by atoms with E-state index in [2.05, 4.69) is 90.6 Å². The maximum atomic E-state index is 15.9. The van der Waals surface area contributed by atoms with Crippen molar-refractivity contribution in [2.75, 3.05) is 0 Å². The molecule has 0 atom stereocenters. The predicted molar refractivity (Wildman–Crippen MR) is 473 cm³/mol. The van der Waals surface area contributed by atoms with E-state index in [0.29, 0.717) is 32.8 Å². The number of hydrogen-bond acceptors (Lipinski definition) is 3. The van der Waals surface area contributed by atoms with Gasteiger partial charge in [-0.05, 0) is 0 Å². The molecule has 0 saturated carbocycles. The molecule has 12 aromatic carbocycles. The van der Waals surface area contributed by atoms with Crippen molar-refractivity contribution in [3.05, 3.63) is 281 Å². The number of fused-ring (bicyclic) bond motifs is 24. The monoisotopic (exact) mass is 2250 g/mol. The summed E-state index contributed by atoms with van der Waals surface area (Å²) < 4.78 is 189. The van der Waals surface area contributed by atoms with E-state index < -0.39 is 138 Å². The van der Waals surface area contributed by atoms with Crippen LogP contribution in [0.4, 0.5) is 34.3 Å². The van der Waals surface area contributed by atoms with E-state index >= 15 is 17.2 Å². The van der Waals surface area contributed by atoms with Crippen LogP contribution in [0.2, 0.25) is 0 Å². The van der Waals surface area contributed by atoms with E-state index in [-0.39, 0.29) is 59.1 Å². The maximum absolute atomic E-state index is 15.9. The van der Waals surface area contributed by atoms with Crippen LogP contribution in [0.5, 0.6) is 0 Å². The van der Waals surface area contributed by atoms with Gasteiger partial charge in [0, 0.05) is 0 Å². The van der Waals surface area contributed by atoms with Crippen LogP contribution < -0.4 is 77.4 Å². The van der Waals surface area contributed by atoms with Gasteiger partial charge in [0.15, 0.2) is 0 Å². The van der Waals surface area contributed by atoms with Gasteiger partial charge in [-0.2, -0.15) is 0 Å². The van der Waals surface area contributed by atoms with Crippen molar-refractivity contribution < 1.29 is 62.5 Å². The topological polar surface area (TPSA) is 51.9 Å². The molecule has 0 amide bonds. The van der Waals surface area contributed by atoms with Crippen LogP contribution in [0, 0.1) is 10.7 Å². The van der Waals surface area contributed by atoms with Crippen molar-refractivity contribution >= 4 is 257 Å². The summed E-state index contributed by atoms with van der Waals surface area (Å²) in [7, 11) is 0. The van der Waals surface area contributed by atoms with E-state index in [1.807, 2.05) is 181 Å². The van der Waals surface area contributed by atoms with Crippen molar-refractivity contribution in [3.63, 3.8) is 0 Å². The Hall–Kier alpha value is -7.25.